The summed E-state index contributed by atoms with van der Waals surface area (Å²) in [5.41, 5.74) is 0. The zero-order valence-electron chi connectivity index (χ0n) is 14.2. The molecule has 1 heteroatoms. The van der Waals surface area contributed by atoms with Crippen LogP contribution in [0.25, 0.3) is 0 Å². The van der Waals surface area contributed by atoms with Crippen molar-refractivity contribution >= 4 is 6.29 Å². The van der Waals surface area contributed by atoms with Crippen molar-refractivity contribution in [3.8, 4) is 0 Å². The molecule has 1 nitrogen and oxygen atoms in total. The average Bonchev–Trinajstić information content (AvgIpc) is 2.55. The molecule has 0 radical (unpaired) electrons. The third-order valence-electron chi connectivity index (χ3n) is 6.25. The molecule has 0 spiro atoms. The standard InChI is InChI=1S/C20H36O/c1-2-3-4-5-17-6-8-18(9-7-17)10-11-19-12-14-20(16-21)15-13-19/h16-20H,2-15H2,1H3/t17-,18-,19-,20-. The van der Waals surface area contributed by atoms with Gasteiger partial charge in [-0.05, 0) is 43.4 Å². The minimum atomic E-state index is 0.389. The summed E-state index contributed by atoms with van der Waals surface area (Å²) in [6, 6.07) is 0. The van der Waals surface area contributed by atoms with Crippen LogP contribution < -0.4 is 0 Å². The Hall–Kier alpha value is -0.330. The van der Waals surface area contributed by atoms with Crippen molar-refractivity contribution in [1.29, 1.82) is 0 Å². The van der Waals surface area contributed by atoms with Gasteiger partial charge in [0.1, 0.15) is 6.29 Å². The van der Waals surface area contributed by atoms with Gasteiger partial charge in [-0.2, -0.15) is 0 Å². The second-order valence-electron chi connectivity index (χ2n) is 7.88. The van der Waals surface area contributed by atoms with Crippen LogP contribution in [0.1, 0.15) is 96.8 Å². The second-order valence-corrected chi connectivity index (χ2v) is 7.88. The van der Waals surface area contributed by atoms with E-state index in [4.69, 9.17) is 0 Å². The first-order valence-corrected chi connectivity index (χ1v) is 9.77. The average molecular weight is 293 g/mol. The lowest BCUT2D eigenvalue weighted by Gasteiger charge is -2.31. The Labute approximate surface area is 132 Å². The molecule has 2 fully saturated rings. The monoisotopic (exact) mass is 292 g/mol. The molecule has 2 saturated carbocycles. The molecule has 122 valence electrons. The topological polar surface area (TPSA) is 17.1 Å². The van der Waals surface area contributed by atoms with Crippen molar-refractivity contribution in [2.45, 2.75) is 96.8 Å². The van der Waals surface area contributed by atoms with E-state index in [-0.39, 0.29) is 0 Å². The highest BCUT2D eigenvalue weighted by Gasteiger charge is 2.24. The summed E-state index contributed by atoms with van der Waals surface area (Å²) in [6.45, 7) is 2.31. The Morgan fingerprint density at radius 2 is 1.19 bits per heavy atom. The predicted molar refractivity (Wildman–Crippen MR) is 90.3 cm³/mol. The van der Waals surface area contributed by atoms with Crippen LogP contribution in [0, 0.1) is 23.7 Å². The highest BCUT2D eigenvalue weighted by molar-refractivity contribution is 5.53. The summed E-state index contributed by atoms with van der Waals surface area (Å²) < 4.78 is 0. The maximum atomic E-state index is 10.8. The van der Waals surface area contributed by atoms with E-state index < -0.39 is 0 Å². The van der Waals surface area contributed by atoms with Gasteiger partial charge in [0, 0.05) is 5.92 Å². The molecule has 0 aromatic heterocycles. The van der Waals surface area contributed by atoms with Crippen LogP contribution in [0.3, 0.4) is 0 Å². The van der Waals surface area contributed by atoms with Gasteiger partial charge in [-0.3, -0.25) is 0 Å². The molecule has 0 amide bonds. The normalized spacial score (nSPS) is 33.8. The molecule has 0 aromatic rings. The Morgan fingerprint density at radius 3 is 1.67 bits per heavy atom. The fraction of sp³-hybridized carbons (Fsp3) is 0.950. The van der Waals surface area contributed by atoms with Crippen LogP contribution in [0.15, 0.2) is 0 Å². The van der Waals surface area contributed by atoms with E-state index in [2.05, 4.69) is 6.92 Å². The van der Waals surface area contributed by atoms with Crippen LogP contribution in [0.2, 0.25) is 0 Å². The molecule has 0 N–H and O–H groups in total. The number of hydrogen-bond donors (Lipinski definition) is 0. The first kappa shape index (κ1) is 17.0. The molecule has 2 rings (SSSR count). The molecule has 0 heterocycles. The third-order valence-corrected chi connectivity index (χ3v) is 6.25. The fourth-order valence-electron chi connectivity index (χ4n) is 4.58. The summed E-state index contributed by atoms with van der Waals surface area (Å²) in [7, 11) is 0. The molecule has 2 aliphatic rings. The number of hydrogen-bond acceptors (Lipinski definition) is 1. The lowest BCUT2D eigenvalue weighted by Crippen LogP contribution is -2.18. The smallest absolute Gasteiger partial charge is 0.123 e. The summed E-state index contributed by atoms with van der Waals surface area (Å²) in [5.74, 6) is 3.40. The van der Waals surface area contributed by atoms with Crippen molar-refractivity contribution in [2.75, 3.05) is 0 Å². The maximum Gasteiger partial charge on any atom is 0.123 e. The number of unbranched alkanes of at least 4 members (excludes halogenated alkanes) is 2. The molecule has 0 saturated heterocycles. The third kappa shape index (κ3) is 6.12. The summed E-state index contributed by atoms with van der Waals surface area (Å²) in [4.78, 5) is 10.8. The van der Waals surface area contributed by atoms with Crippen LogP contribution in [0.4, 0.5) is 0 Å². The van der Waals surface area contributed by atoms with Crippen LogP contribution in [0.5, 0.6) is 0 Å². The van der Waals surface area contributed by atoms with Gasteiger partial charge in [0.2, 0.25) is 0 Å². The predicted octanol–water partition coefficient (Wildman–Crippen LogP) is 6.16. The van der Waals surface area contributed by atoms with E-state index in [1.807, 2.05) is 0 Å². The van der Waals surface area contributed by atoms with E-state index in [1.54, 1.807) is 0 Å². The first-order valence-electron chi connectivity index (χ1n) is 9.77. The summed E-state index contributed by atoms with van der Waals surface area (Å²) >= 11 is 0. The van der Waals surface area contributed by atoms with Crippen LogP contribution >= 0.6 is 0 Å². The molecule has 21 heavy (non-hydrogen) atoms. The molecule has 0 unspecified atom stereocenters. The van der Waals surface area contributed by atoms with Crippen molar-refractivity contribution in [3.63, 3.8) is 0 Å². The molecular weight excluding hydrogens is 256 g/mol. The van der Waals surface area contributed by atoms with E-state index in [1.165, 1.54) is 96.2 Å². The van der Waals surface area contributed by atoms with Crippen LogP contribution in [-0.4, -0.2) is 6.29 Å². The van der Waals surface area contributed by atoms with Gasteiger partial charge < -0.3 is 4.79 Å². The SMILES string of the molecule is CCCCC[C@H]1CC[C@H](CC[C@H]2CC[C@H](C=O)CC2)CC1. The molecular formula is C20H36O. The van der Waals surface area contributed by atoms with Gasteiger partial charge in [0.15, 0.2) is 0 Å². The van der Waals surface area contributed by atoms with Crippen molar-refractivity contribution in [1.82, 2.24) is 0 Å². The van der Waals surface area contributed by atoms with Gasteiger partial charge >= 0.3 is 0 Å². The number of carbonyl (C=O) groups excluding carboxylic acids is 1. The molecule has 0 aromatic carbocycles. The van der Waals surface area contributed by atoms with E-state index in [0.29, 0.717) is 5.92 Å². The van der Waals surface area contributed by atoms with Crippen molar-refractivity contribution < 1.29 is 4.79 Å². The minimum Gasteiger partial charge on any atom is -0.303 e. The Bertz CT molecular complexity index is 270. The highest BCUT2D eigenvalue weighted by atomic mass is 16.1. The zero-order valence-corrected chi connectivity index (χ0v) is 14.2. The largest absolute Gasteiger partial charge is 0.303 e. The van der Waals surface area contributed by atoms with E-state index >= 15 is 0 Å². The number of aldehydes is 1. The van der Waals surface area contributed by atoms with E-state index in [9.17, 15) is 4.79 Å². The number of carbonyl (C=O) groups is 1. The Kier molecular flexibility index (Phi) is 7.82. The summed E-state index contributed by atoms with van der Waals surface area (Å²) in [5, 5.41) is 0. The van der Waals surface area contributed by atoms with Gasteiger partial charge in [0.05, 0.1) is 0 Å². The van der Waals surface area contributed by atoms with Gasteiger partial charge in [0.25, 0.3) is 0 Å². The fourth-order valence-corrected chi connectivity index (χ4v) is 4.58. The van der Waals surface area contributed by atoms with Gasteiger partial charge in [-0.25, -0.2) is 0 Å². The summed E-state index contributed by atoms with van der Waals surface area (Å²) in [6.07, 6.45) is 20.8. The number of rotatable bonds is 8. The zero-order chi connectivity index (χ0) is 14.9. The molecule has 0 aliphatic heterocycles. The van der Waals surface area contributed by atoms with Gasteiger partial charge in [-0.1, -0.05) is 71.1 Å². The molecule has 0 atom stereocenters. The highest BCUT2D eigenvalue weighted by Crippen LogP contribution is 2.37. The lowest BCUT2D eigenvalue weighted by atomic mass is 9.75. The quantitative estimate of drug-likeness (QED) is 0.387. The van der Waals surface area contributed by atoms with Gasteiger partial charge in [-0.15, -0.1) is 0 Å². The minimum absolute atomic E-state index is 0.389. The van der Waals surface area contributed by atoms with Crippen LogP contribution in [-0.2, 0) is 4.79 Å². The van der Waals surface area contributed by atoms with Crippen molar-refractivity contribution in [3.05, 3.63) is 0 Å². The lowest BCUT2D eigenvalue weighted by molar-refractivity contribution is -0.112. The molecule has 0 bridgehead atoms. The maximum absolute atomic E-state index is 10.8. The first-order chi connectivity index (χ1) is 10.3. The molecule has 2 aliphatic carbocycles. The van der Waals surface area contributed by atoms with E-state index in [0.717, 1.165) is 17.8 Å². The Balaban J connectivity index is 1.54. The second kappa shape index (κ2) is 9.64. The van der Waals surface area contributed by atoms with Crippen molar-refractivity contribution in [2.24, 2.45) is 23.7 Å². The Morgan fingerprint density at radius 1 is 0.714 bits per heavy atom.